The second kappa shape index (κ2) is 9.93. The van der Waals surface area contributed by atoms with Crippen LogP contribution >= 0.6 is 12.4 Å². The summed E-state index contributed by atoms with van der Waals surface area (Å²) in [4.78, 5) is 14.4. The number of ether oxygens (including phenoxy) is 1. The third kappa shape index (κ3) is 5.70. The van der Waals surface area contributed by atoms with Gasteiger partial charge in [-0.25, -0.2) is 4.39 Å². The van der Waals surface area contributed by atoms with Gasteiger partial charge in [-0.1, -0.05) is 12.1 Å². The smallest absolute Gasteiger partial charge is 0.234 e. The van der Waals surface area contributed by atoms with Crippen LogP contribution in [-0.2, 0) is 9.53 Å². The molecule has 1 saturated heterocycles. The SMILES string of the molecule is COC1CCN(CC(=O)NC(C)c2ccc(F)cc2)C(CN)C1.Cl. The molecule has 0 bridgehead atoms. The summed E-state index contributed by atoms with van der Waals surface area (Å²) >= 11 is 0. The molecule has 1 heterocycles. The number of piperidine rings is 1. The molecule has 0 aliphatic carbocycles. The average molecular weight is 360 g/mol. The number of nitrogens with two attached hydrogens (primary N) is 1. The quantitative estimate of drug-likeness (QED) is 0.813. The molecule has 3 atom stereocenters. The van der Waals surface area contributed by atoms with E-state index >= 15 is 0 Å². The first-order valence-electron chi connectivity index (χ1n) is 8.05. The van der Waals surface area contributed by atoms with Crippen LogP contribution in [0.5, 0.6) is 0 Å². The van der Waals surface area contributed by atoms with Crippen molar-refractivity contribution in [3.63, 3.8) is 0 Å². The van der Waals surface area contributed by atoms with Gasteiger partial charge >= 0.3 is 0 Å². The monoisotopic (exact) mass is 359 g/mol. The van der Waals surface area contributed by atoms with Crippen LogP contribution in [0.1, 0.15) is 31.4 Å². The van der Waals surface area contributed by atoms with Gasteiger partial charge in [0.15, 0.2) is 0 Å². The van der Waals surface area contributed by atoms with Gasteiger partial charge in [0, 0.05) is 26.2 Å². The van der Waals surface area contributed by atoms with Crippen LogP contribution in [0.4, 0.5) is 4.39 Å². The molecule has 0 aromatic heterocycles. The van der Waals surface area contributed by atoms with Crippen molar-refractivity contribution in [3.8, 4) is 0 Å². The standard InChI is InChI=1S/C17H26FN3O2.ClH/c1-12(13-3-5-14(18)6-4-13)20-17(22)11-21-8-7-16(23-2)9-15(21)10-19;/h3-6,12,15-16H,7-11,19H2,1-2H3,(H,20,22);1H. The largest absolute Gasteiger partial charge is 0.381 e. The van der Waals surface area contributed by atoms with E-state index in [2.05, 4.69) is 10.2 Å². The Morgan fingerprint density at radius 3 is 2.71 bits per heavy atom. The third-order valence-corrected chi connectivity index (χ3v) is 4.49. The molecular formula is C17H27ClFN3O2. The summed E-state index contributed by atoms with van der Waals surface area (Å²) in [5.74, 6) is -0.324. The maximum Gasteiger partial charge on any atom is 0.234 e. The predicted molar refractivity (Wildman–Crippen MR) is 94.7 cm³/mol. The zero-order chi connectivity index (χ0) is 16.8. The van der Waals surface area contributed by atoms with E-state index in [-0.39, 0.29) is 42.3 Å². The Kier molecular flexibility index (Phi) is 8.62. The summed E-state index contributed by atoms with van der Waals surface area (Å²) in [6.07, 6.45) is 1.99. The number of likely N-dealkylation sites (tertiary alicyclic amines) is 1. The Bertz CT molecular complexity index is 515. The fraction of sp³-hybridized carbons (Fsp3) is 0.588. The molecule has 1 fully saturated rings. The number of hydrogen-bond donors (Lipinski definition) is 2. The Hall–Kier alpha value is -1.21. The maximum atomic E-state index is 12.9. The van der Waals surface area contributed by atoms with E-state index in [1.54, 1.807) is 19.2 Å². The van der Waals surface area contributed by atoms with Crippen LogP contribution in [0.2, 0.25) is 0 Å². The molecule has 136 valence electrons. The van der Waals surface area contributed by atoms with Gasteiger partial charge in [-0.3, -0.25) is 9.69 Å². The number of nitrogens with one attached hydrogen (secondary N) is 1. The minimum Gasteiger partial charge on any atom is -0.381 e. The Labute approximate surface area is 149 Å². The van der Waals surface area contributed by atoms with E-state index in [0.717, 1.165) is 24.9 Å². The highest BCUT2D eigenvalue weighted by Gasteiger charge is 2.28. The van der Waals surface area contributed by atoms with Gasteiger partial charge in [0.2, 0.25) is 5.91 Å². The molecule has 2 rings (SSSR count). The molecule has 0 saturated carbocycles. The van der Waals surface area contributed by atoms with Crippen molar-refractivity contribution in [1.82, 2.24) is 10.2 Å². The van der Waals surface area contributed by atoms with Gasteiger partial charge in [0.25, 0.3) is 0 Å². The van der Waals surface area contributed by atoms with E-state index in [1.807, 2.05) is 6.92 Å². The first-order chi connectivity index (χ1) is 11.0. The zero-order valence-corrected chi connectivity index (χ0v) is 15.0. The number of amides is 1. The van der Waals surface area contributed by atoms with Crippen molar-refractivity contribution < 1.29 is 13.9 Å². The number of nitrogens with zero attached hydrogens (tertiary/aromatic N) is 1. The van der Waals surface area contributed by atoms with Crippen LogP contribution in [0, 0.1) is 5.82 Å². The van der Waals surface area contributed by atoms with Crippen LogP contribution < -0.4 is 11.1 Å². The van der Waals surface area contributed by atoms with Crippen molar-refractivity contribution in [1.29, 1.82) is 0 Å². The highest BCUT2D eigenvalue weighted by molar-refractivity contribution is 5.85. The summed E-state index contributed by atoms with van der Waals surface area (Å²) in [7, 11) is 1.71. The van der Waals surface area contributed by atoms with E-state index in [9.17, 15) is 9.18 Å². The highest BCUT2D eigenvalue weighted by Crippen LogP contribution is 2.19. The molecule has 0 radical (unpaired) electrons. The molecule has 24 heavy (non-hydrogen) atoms. The number of carbonyl (C=O) groups is 1. The van der Waals surface area contributed by atoms with Gasteiger partial charge < -0.3 is 15.8 Å². The molecule has 0 spiro atoms. The predicted octanol–water partition coefficient (Wildman–Crippen LogP) is 1.86. The number of methoxy groups -OCH3 is 1. The summed E-state index contributed by atoms with van der Waals surface area (Å²) in [6.45, 7) is 3.53. The lowest BCUT2D eigenvalue weighted by Gasteiger charge is -2.38. The number of hydrogen-bond acceptors (Lipinski definition) is 4. The molecule has 1 amide bonds. The van der Waals surface area contributed by atoms with Gasteiger partial charge in [0.05, 0.1) is 18.7 Å². The fourth-order valence-corrected chi connectivity index (χ4v) is 3.04. The summed E-state index contributed by atoms with van der Waals surface area (Å²) in [5, 5.41) is 2.96. The summed E-state index contributed by atoms with van der Waals surface area (Å²) in [6, 6.07) is 6.19. The summed E-state index contributed by atoms with van der Waals surface area (Å²) < 4.78 is 18.3. The lowest BCUT2D eigenvalue weighted by atomic mass is 9.99. The molecule has 3 N–H and O–H groups in total. The molecular weight excluding hydrogens is 333 g/mol. The van der Waals surface area contributed by atoms with Crippen molar-refractivity contribution >= 4 is 18.3 Å². The first kappa shape index (κ1) is 20.8. The van der Waals surface area contributed by atoms with E-state index < -0.39 is 0 Å². The van der Waals surface area contributed by atoms with Crippen LogP contribution in [-0.4, -0.2) is 49.7 Å². The number of rotatable bonds is 6. The molecule has 1 aromatic rings. The second-order valence-electron chi connectivity index (χ2n) is 6.08. The molecule has 7 heteroatoms. The number of halogens is 2. The van der Waals surface area contributed by atoms with Crippen molar-refractivity contribution in [2.45, 2.75) is 38.0 Å². The van der Waals surface area contributed by atoms with Gasteiger partial charge in [-0.2, -0.15) is 0 Å². The lowest BCUT2D eigenvalue weighted by Crippen LogP contribution is -2.51. The van der Waals surface area contributed by atoms with E-state index in [4.69, 9.17) is 10.5 Å². The van der Waals surface area contributed by atoms with Gasteiger partial charge in [-0.05, 0) is 37.5 Å². The van der Waals surface area contributed by atoms with Crippen LogP contribution in [0.25, 0.3) is 0 Å². The molecule has 5 nitrogen and oxygen atoms in total. The van der Waals surface area contributed by atoms with Gasteiger partial charge in [-0.15, -0.1) is 12.4 Å². The molecule has 1 aliphatic rings. The Morgan fingerprint density at radius 1 is 1.46 bits per heavy atom. The molecule has 1 aliphatic heterocycles. The average Bonchev–Trinajstić information content (AvgIpc) is 2.55. The Morgan fingerprint density at radius 2 is 2.12 bits per heavy atom. The number of benzene rings is 1. The first-order valence-corrected chi connectivity index (χ1v) is 8.05. The van der Waals surface area contributed by atoms with Crippen molar-refractivity contribution in [2.24, 2.45) is 5.73 Å². The van der Waals surface area contributed by atoms with Crippen LogP contribution in [0.3, 0.4) is 0 Å². The molecule has 3 unspecified atom stereocenters. The lowest BCUT2D eigenvalue weighted by molar-refractivity contribution is -0.124. The summed E-state index contributed by atoms with van der Waals surface area (Å²) in [5.41, 5.74) is 6.71. The minimum absolute atomic E-state index is 0. The zero-order valence-electron chi connectivity index (χ0n) is 14.2. The second-order valence-corrected chi connectivity index (χ2v) is 6.08. The highest BCUT2D eigenvalue weighted by atomic mass is 35.5. The molecule has 1 aromatic carbocycles. The maximum absolute atomic E-state index is 12.9. The normalized spacial score (nSPS) is 22.5. The van der Waals surface area contributed by atoms with E-state index in [1.165, 1.54) is 12.1 Å². The van der Waals surface area contributed by atoms with Gasteiger partial charge in [0.1, 0.15) is 5.82 Å². The van der Waals surface area contributed by atoms with E-state index in [0.29, 0.717) is 13.1 Å². The fourth-order valence-electron chi connectivity index (χ4n) is 3.04. The van der Waals surface area contributed by atoms with Crippen molar-refractivity contribution in [3.05, 3.63) is 35.6 Å². The van der Waals surface area contributed by atoms with Crippen LogP contribution in [0.15, 0.2) is 24.3 Å². The third-order valence-electron chi connectivity index (χ3n) is 4.49. The topological polar surface area (TPSA) is 67.6 Å². The number of carbonyl (C=O) groups excluding carboxylic acids is 1. The van der Waals surface area contributed by atoms with Crippen molar-refractivity contribution in [2.75, 3.05) is 26.7 Å². The Balaban J connectivity index is 0.00000288. The minimum atomic E-state index is -0.279.